The van der Waals surface area contributed by atoms with Crippen LogP contribution in [-0.2, 0) is 5.60 Å². The van der Waals surface area contributed by atoms with Gasteiger partial charge in [0.05, 0.1) is 18.5 Å². The summed E-state index contributed by atoms with van der Waals surface area (Å²) in [6.45, 7) is 5.08. The molecule has 0 aliphatic carbocycles. The first-order valence-electron chi connectivity index (χ1n) is 6.14. The van der Waals surface area contributed by atoms with Gasteiger partial charge >= 0.3 is 12.0 Å². The molecule has 0 aliphatic rings. The van der Waals surface area contributed by atoms with Crippen molar-refractivity contribution >= 4 is 12.0 Å². The molecule has 2 heterocycles. The quantitative estimate of drug-likeness (QED) is 0.793. The number of nitrogens with zero attached hydrogens (tertiary/aromatic N) is 1. The number of carbonyl (C=O) groups excluding carboxylic acids is 1. The number of furan rings is 1. The summed E-state index contributed by atoms with van der Waals surface area (Å²) >= 11 is 0. The Kier molecular flexibility index (Phi) is 3.80. The van der Waals surface area contributed by atoms with Gasteiger partial charge < -0.3 is 19.3 Å². The SMILES string of the molecule is Cc1nc(NC(=O)NCC(C)(O)c2ccco2)oc1C. The highest BCUT2D eigenvalue weighted by atomic mass is 16.4. The van der Waals surface area contributed by atoms with Crippen LogP contribution in [0.15, 0.2) is 27.2 Å². The summed E-state index contributed by atoms with van der Waals surface area (Å²) in [7, 11) is 0. The summed E-state index contributed by atoms with van der Waals surface area (Å²) in [5.41, 5.74) is -0.577. The van der Waals surface area contributed by atoms with E-state index in [1.54, 1.807) is 32.9 Å². The van der Waals surface area contributed by atoms with Gasteiger partial charge in [0.15, 0.2) is 0 Å². The maximum Gasteiger partial charge on any atom is 0.322 e. The molecular formula is C13H17N3O4. The number of carbonyl (C=O) groups is 1. The predicted molar refractivity (Wildman–Crippen MR) is 71.3 cm³/mol. The Bertz CT molecular complexity index is 567. The number of hydrogen-bond acceptors (Lipinski definition) is 5. The third-order valence-corrected chi connectivity index (χ3v) is 2.89. The van der Waals surface area contributed by atoms with Crippen molar-refractivity contribution in [3.8, 4) is 0 Å². The average molecular weight is 279 g/mol. The number of aliphatic hydroxyl groups is 1. The van der Waals surface area contributed by atoms with Gasteiger partial charge in [-0.3, -0.25) is 5.32 Å². The molecule has 0 saturated heterocycles. The number of aryl methyl sites for hydroxylation is 2. The second-order valence-corrected chi connectivity index (χ2v) is 4.72. The van der Waals surface area contributed by atoms with Crippen molar-refractivity contribution in [1.82, 2.24) is 10.3 Å². The Morgan fingerprint density at radius 3 is 2.80 bits per heavy atom. The summed E-state index contributed by atoms with van der Waals surface area (Å²) in [5.74, 6) is 1.02. The maximum absolute atomic E-state index is 11.7. The molecule has 0 aromatic carbocycles. The molecule has 3 N–H and O–H groups in total. The molecule has 2 rings (SSSR count). The maximum atomic E-state index is 11.7. The summed E-state index contributed by atoms with van der Waals surface area (Å²) in [6, 6.07) is 2.91. The van der Waals surface area contributed by atoms with E-state index in [-0.39, 0.29) is 12.6 Å². The second-order valence-electron chi connectivity index (χ2n) is 4.72. The van der Waals surface area contributed by atoms with E-state index >= 15 is 0 Å². The van der Waals surface area contributed by atoms with E-state index in [0.717, 1.165) is 0 Å². The van der Waals surface area contributed by atoms with Crippen LogP contribution in [-0.4, -0.2) is 22.7 Å². The Morgan fingerprint density at radius 2 is 2.25 bits per heavy atom. The lowest BCUT2D eigenvalue weighted by molar-refractivity contribution is 0.0372. The summed E-state index contributed by atoms with van der Waals surface area (Å²) in [4.78, 5) is 15.7. The van der Waals surface area contributed by atoms with Crippen LogP contribution in [0.2, 0.25) is 0 Å². The molecule has 0 radical (unpaired) electrons. The molecule has 0 aliphatic heterocycles. The smallest absolute Gasteiger partial charge is 0.322 e. The highest BCUT2D eigenvalue weighted by Gasteiger charge is 2.27. The number of aromatic nitrogens is 1. The van der Waals surface area contributed by atoms with Crippen LogP contribution in [0, 0.1) is 13.8 Å². The molecule has 0 bridgehead atoms. The zero-order valence-corrected chi connectivity index (χ0v) is 11.6. The predicted octanol–water partition coefficient (Wildman–Crippen LogP) is 1.91. The van der Waals surface area contributed by atoms with Crippen LogP contribution in [0.25, 0.3) is 0 Å². The van der Waals surface area contributed by atoms with Crippen LogP contribution >= 0.6 is 0 Å². The molecule has 2 aromatic heterocycles. The van der Waals surface area contributed by atoms with Crippen molar-refractivity contribution in [3.63, 3.8) is 0 Å². The molecule has 7 nitrogen and oxygen atoms in total. The highest BCUT2D eigenvalue weighted by molar-refractivity contribution is 5.87. The van der Waals surface area contributed by atoms with Gasteiger partial charge in [-0.2, -0.15) is 4.98 Å². The topological polar surface area (TPSA) is 101 Å². The number of oxazole rings is 1. The first-order chi connectivity index (χ1) is 9.38. The number of urea groups is 1. The van der Waals surface area contributed by atoms with Gasteiger partial charge in [-0.15, -0.1) is 0 Å². The first-order valence-corrected chi connectivity index (χ1v) is 6.14. The van der Waals surface area contributed by atoms with Gasteiger partial charge in [0, 0.05) is 0 Å². The van der Waals surface area contributed by atoms with Gasteiger partial charge in [-0.25, -0.2) is 4.79 Å². The Labute approximate surface area is 116 Å². The minimum Gasteiger partial charge on any atom is -0.466 e. The van der Waals surface area contributed by atoms with Crippen LogP contribution in [0.1, 0.15) is 24.1 Å². The minimum absolute atomic E-state index is 0.00891. The van der Waals surface area contributed by atoms with Crippen molar-refractivity contribution in [3.05, 3.63) is 35.6 Å². The van der Waals surface area contributed by atoms with Crippen molar-refractivity contribution in [1.29, 1.82) is 0 Å². The van der Waals surface area contributed by atoms with E-state index < -0.39 is 11.6 Å². The normalized spacial score (nSPS) is 13.8. The number of rotatable bonds is 4. The largest absolute Gasteiger partial charge is 0.466 e. The van der Waals surface area contributed by atoms with Gasteiger partial charge in [0.2, 0.25) is 0 Å². The highest BCUT2D eigenvalue weighted by Crippen LogP contribution is 2.19. The average Bonchev–Trinajstić information content (AvgIpc) is 2.99. The Morgan fingerprint density at radius 1 is 1.50 bits per heavy atom. The molecule has 2 aromatic rings. The van der Waals surface area contributed by atoms with E-state index in [9.17, 15) is 9.90 Å². The van der Waals surface area contributed by atoms with Crippen molar-refractivity contribution in [2.24, 2.45) is 0 Å². The molecule has 7 heteroatoms. The molecule has 0 spiro atoms. The Hall–Kier alpha value is -2.28. The summed E-state index contributed by atoms with van der Waals surface area (Å²) in [6.07, 6.45) is 1.46. The van der Waals surface area contributed by atoms with Gasteiger partial charge in [0.25, 0.3) is 0 Å². The Balaban J connectivity index is 1.89. The zero-order valence-electron chi connectivity index (χ0n) is 11.6. The van der Waals surface area contributed by atoms with E-state index in [2.05, 4.69) is 15.6 Å². The van der Waals surface area contributed by atoms with Gasteiger partial charge in [-0.1, -0.05) is 0 Å². The number of hydrogen-bond donors (Lipinski definition) is 3. The fraction of sp³-hybridized carbons (Fsp3) is 0.385. The fourth-order valence-electron chi connectivity index (χ4n) is 1.59. The van der Waals surface area contributed by atoms with Crippen LogP contribution in [0.4, 0.5) is 10.8 Å². The summed E-state index contributed by atoms with van der Waals surface area (Å²) < 4.78 is 10.3. The van der Waals surface area contributed by atoms with E-state index in [1.807, 2.05) is 0 Å². The molecular weight excluding hydrogens is 262 g/mol. The molecule has 20 heavy (non-hydrogen) atoms. The van der Waals surface area contributed by atoms with Crippen LogP contribution in [0.3, 0.4) is 0 Å². The van der Waals surface area contributed by atoms with Gasteiger partial charge in [-0.05, 0) is 32.9 Å². The molecule has 1 atom stereocenters. The lowest BCUT2D eigenvalue weighted by Gasteiger charge is -2.20. The van der Waals surface area contributed by atoms with Crippen LogP contribution < -0.4 is 10.6 Å². The van der Waals surface area contributed by atoms with Crippen LogP contribution in [0.5, 0.6) is 0 Å². The van der Waals surface area contributed by atoms with Crippen molar-refractivity contribution in [2.75, 3.05) is 11.9 Å². The molecule has 108 valence electrons. The van der Waals surface area contributed by atoms with E-state index in [4.69, 9.17) is 8.83 Å². The van der Waals surface area contributed by atoms with E-state index in [0.29, 0.717) is 17.2 Å². The first kappa shape index (κ1) is 14.1. The second kappa shape index (κ2) is 5.38. The third-order valence-electron chi connectivity index (χ3n) is 2.89. The monoisotopic (exact) mass is 279 g/mol. The molecule has 0 fully saturated rings. The van der Waals surface area contributed by atoms with Gasteiger partial charge in [0.1, 0.15) is 17.1 Å². The minimum atomic E-state index is -1.29. The zero-order chi connectivity index (χ0) is 14.8. The van der Waals surface area contributed by atoms with E-state index in [1.165, 1.54) is 6.26 Å². The standard InChI is InChI=1S/C13H17N3O4/c1-8-9(2)20-12(15-8)16-11(17)14-7-13(3,18)10-5-4-6-19-10/h4-6,18H,7H2,1-3H3,(H2,14,15,16,17). The number of amides is 2. The molecule has 2 amide bonds. The molecule has 0 saturated carbocycles. The lowest BCUT2D eigenvalue weighted by Crippen LogP contribution is -2.40. The number of nitrogens with one attached hydrogen (secondary N) is 2. The van der Waals surface area contributed by atoms with Crippen molar-refractivity contribution < 1.29 is 18.7 Å². The number of anilines is 1. The summed E-state index contributed by atoms with van der Waals surface area (Å²) in [5, 5.41) is 15.1. The van der Waals surface area contributed by atoms with Crippen molar-refractivity contribution in [2.45, 2.75) is 26.4 Å². The fourth-order valence-corrected chi connectivity index (χ4v) is 1.59. The third kappa shape index (κ3) is 3.18. The lowest BCUT2D eigenvalue weighted by atomic mass is 10.0. The molecule has 1 unspecified atom stereocenters.